The van der Waals surface area contributed by atoms with Crippen LogP contribution in [-0.4, -0.2) is 12.5 Å². The number of carbonyl (C=O) groups excluding carboxylic acids is 1. The van der Waals surface area contributed by atoms with Gasteiger partial charge in [-0.1, -0.05) is 39.5 Å². The fraction of sp³-hybridized carbons (Fsp3) is 0.357. The fourth-order valence-electron chi connectivity index (χ4n) is 1.14. The normalized spacial score (nSPS) is 10.8. The van der Waals surface area contributed by atoms with Crippen molar-refractivity contribution in [1.29, 1.82) is 0 Å². The lowest BCUT2D eigenvalue weighted by molar-refractivity contribution is -0.123. The van der Waals surface area contributed by atoms with Crippen molar-refractivity contribution in [2.75, 3.05) is 11.9 Å². The molecule has 1 aromatic rings. The van der Waals surface area contributed by atoms with Crippen LogP contribution in [0.1, 0.15) is 20.8 Å². The van der Waals surface area contributed by atoms with Crippen LogP contribution in [-0.2, 0) is 4.79 Å². The molecule has 0 unspecified atom stereocenters. The van der Waals surface area contributed by atoms with Crippen LogP contribution < -0.4 is 10.1 Å². The molecule has 0 aliphatic rings. The van der Waals surface area contributed by atoms with Crippen molar-refractivity contribution < 1.29 is 9.53 Å². The van der Waals surface area contributed by atoms with E-state index in [1.54, 1.807) is 12.1 Å². The van der Waals surface area contributed by atoms with Crippen molar-refractivity contribution in [2.45, 2.75) is 20.8 Å². The van der Waals surface area contributed by atoms with E-state index in [-0.39, 0.29) is 5.91 Å². The molecule has 0 radical (unpaired) electrons. The largest absolute Gasteiger partial charge is 0.489 e. The van der Waals surface area contributed by atoms with Crippen LogP contribution in [0.15, 0.2) is 36.9 Å². The molecule has 3 nitrogen and oxygen atoms in total. The lowest BCUT2D eigenvalue weighted by Gasteiger charge is -2.18. The summed E-state index contributed by atoms with van der Waals surface area (Å²) < 4.78 is 5.39. The Kier molecular flexibility index (Phi) is 4.32. The number of carbonyl (C=O) groups is 1. The highest BCUT2D eigenvalue weighted by Crippen LogP contribution is 2.21. The van der Waals surface area contributed by atoms with Gasteiger partial charge in [-0.15, -0.1) is 0 Å². The Bertz CT molecular complexity index is 405. The minimum absolute atomic E-state index is 0.0154. The zero-order valence-electron chi connectivity index (χ0n) is 10.6. The molecule has 0 aliphatic carbocycles. The maximum absolute atomic E-state index is 11.8. The number of rotatable bonds is 4. The zero-order valence-corrected chi connectivity index (χ0v) is 10.6. The van der Waals surface area contributed by atoms with Crippen LogP contribution in [0.25, 0.3) is 0 Å². The third-order valence-corrected chi connectivity index (χ3v) is 2.14. The second-order valence-corrected chi connectivity index (χ2v) is 4.83. The van der Waals surface area contributed by atoms with E-state index in [0.29, 0.717) is 6.61 Å². The topological polar surface area (TPSA) is 38.3 Å². The van der Waals surface area contributed by atoms with Gasteiger partial charge in [0.05, 0.1) is 0 Å². The van der Waals surface area contributed by atoms with Crippen molar-refractivity contribution in [3.05, 3.63) is 36.9 Å². The standard InChI is InChI=1S/C14H19NO2/c1-5-9-17-12-8-6-7-11(10-12)15-13(16)14(2,3)4/h5-8,10H,1,9H2,2-4H3,(H,15,16). The molecular weight excluding hydrogens is 214 g/mol. The Labute approximate surface area is 102 Å². The predicted octanol–water partition coefficient (Wildman–Crippen LogP) is 3.24. The van der Waals surface area contributed by atoms with E-state index in [0.717, 1.165) is 11.4 Å². The van der Waals surface area contributed by atoms with Crippen molar-refractivity contribution >= 4 is 11.6 Å². The van der Waals surface area contributed by atoms with E-state index in [2.05, 4.69) is 11.9 Å². The average molecular weight is 233 g/mol. The Morgan fingerprint density at radius 3 is 2.76 bits per heavy atom. The Morgan fingerprint density at radius 1 is 1.47 bits per heavy atom. The molecule has 0 bridgehead atoms. The average Bonchev–Trinajstić information content (AvgIpc) is 2.25. The number of amides is 1. The first-order chi connectivity index (χ1) is 7.93. The quantitative estimate of drug-likeness (QED) is 0.811. The molecule has 1 rings (SSSR count). The summed E-state index contributed by atoms with van der Waals surface area (Å²) in [6, 6.07) is 7.32. The van der Waals surface area contributed by atoms with Crippen molar-refractivity contribution in [2.24, 2.45) is 5.41 Å². The molecule has 0 heterocycles. The number of hydrogen-bond acceptors (Lipinski definition) is 2. The summed E-state index contributed by atoms with van der Waals surface area (Å²) in [6.07, 6.45) is 1.68. The summed E-state index contributed by atoms with van der Waals surface area (Å²) in [6.45, 7) is 9.67. The summed E-state index contributed by atoms with van der Waals surface area (Å²) in [5.41, 5.74) is 0.337. The first kappa shape index (κ1) is 13.3. The summed E-state index contributed by atoms with van der Waals surface area (Å²) in [5.74, 6) is 0.704. The smallest absolute Gasteiger partial charge is 0.229 e. The maximum atomic E-state index is 11.8. The second-order valence-electron chi connectivity index (χ2n) is 4.83. The van der Waals surface area contributed by atoms with E-state index in [1.807, 2.05) is 39.0 Å². The predicted molar refractivity (Wildman–Crippen MR) is 70.2 cm³/mol. The summed E-state index contributed by atoms with van der Waals surface area (Å²) in [4.78, 5) is 11.8. The van der Waals surface area contributed by atoms with Crippen LogP contribution in [0.5, 0.6) is 5.75 Å². The Balaban J connectivity index is 2.72. The number of hydrogen-bond donors (Lipinski definition) is 1. The van der Waals surface area contributed by atoms with Gasteiger partial charge in [-0.2, -0.15) is 0 Å². The molecule has 1 aromatic carbocycles. The van der Waals surface area contributed by atoms with Gasteiger partial charge in [-0.25, -0.2) is 0 Å². The summed E-state index contributed by atoms with van der Waals surface area (Å²) in [5, 5.41) is 2.85. The van der Waals surface area contributed by atoms with Crippen LogP contribution >= 0.6 is 0 Å². The Morgan fingerprint density at radius 2 is 2.18 bits per heavy atom. The minimum Gasteiger partial charge on any atom is -0.489 e. The first-order valence-corrected chi connectivity index (χ1v) is 5.58. The first-order valence-electron chi connectivity index (χ1n) is 5.58. The van der Waals surface area contributed by atoms with Gasteiger partial charge in [-0.3, -0.25) is 4.79 Å². The zero-order chi connectivity index (χ0) is 12.9. The molecule has 0 saturated heterocycles. The number of benzene rings is 1. The Hall–Kier alpha value is -1.77. The number of ether oxygens (including phenoxy) is 1. The minimum atomic E-state index is -0.405. The molecule has 1 N–H and O–H groups in total. The van der Waals surface area contributed by atoms with Gasteiger partial charge in [0.15, 0.2) is 0 Å². The van der Waals surface area contributed by atoms with Gasteiger partial charge in [0.1, 0.15) is 12.4 Å². The van der Waals surface area contributed by atoms with Crippen LogP contribution in [0.3, 0.4) is 0 Å². The van der Waals surface area contributed by atoms with Crippen LogP contribution in [0, 0.1) is 5.41 Å². The third kappa shape index (κ3) is 4.31. The van der Waals surface area contributed by atoms with E-state index < -0.39 is 5.41 Å². The molecule has 0 saturated carbocycles. The van der Waals surface area contributed by atoms with Crippen LogP contribution in [0.4, 0.5) is 5.69 Å². The molecule has 1 amide bonds. The molecule has 0 spiro atoms. The molecule has 0 aromatic heterocycles. The summed E-state index contributed by atoms with van der Waals surface area (Å²) >= 11 is 0. The monoisotopic (exact) mass is 233 g/mol. The highest BCUT2D eigenvalue weighted by molar-refractivity contribution is 5.94. The number of anilines is 1. The van der Waals surface area contributed by atoms with Gasteiger partial charge >= 0.3 is 0 Å². The lowest BCUT2D eigenvalue weighted by Crippen LogP contribution is -2.27. The third-order valence-electron chi connectivity index (χ3n) is 2.14. The van der Waals surface area contributed by atoms with Gasteiger partial charge < -0.3 is 10.1 Å². The van der Waals surface area contributed by atoms with E-state index in [9.17, 15) is 4.79 Å². The maximum Gasteiger partial charge on any atom is 0.229 e. The van der Waals surface area contributed by atoms with Crippen molar-refractivity contribution in [3.8, 4) is 5.75 Å². The lowest BCUT2D eigenvalue weighted by atomic mass is 9.95. The fourth-order valence-corrected chi connectivity index (χ4v) is 1.14. The van der Waals surface area contributed by atoms with E-state index in [1.165, 1.54) is 0 Å². The van der Waals surface area contributed by atoms with Gasteiger partial charge in [0, 0.05) is 17.2 Å². The molecule has 0 fully saturated rings. The molecule has 17 heavy (non-hydrogen) atoms. The highest BCUT2D eigenvalue weighted by Gasteiger charge is 2.21. The van der Waals surface area contributed by atoms with Crippen molar-refractivity contribution in [1.82, 2.24) is 0 Å². The van der Waals surface area contributed by atoms with E-state index >= 15 is 0 Å². The molecule has 0 atom stereocenters. The molecule has 92 valence electrons. The molecule has 3 heteroatoms. The molecule has 0 aliphatic heterocycles. The highest BCUT2D eigenvalue weighted by atomic mass is 16.5. The van der Waals surface area contributed by atoms with E-state index in [4.69, 9.17) is 4.74 Å². The van der Waals surface area contributed by atoms with Crippen molar-refractivity contribution in [3.63, 3.8) is 0 Å². The van der Waals surface area contributed by atoms with Crippen LogP contribution in [0.2, 0.25) is 0 Å². The number of nitrogens with one attached hydrogen (secondary N) is 1. The van der Waals surface area contributed by atoms with Gasteiger partial charge in [-0.05, 0) is 12.1 Å². The summed E-state index contributed by atoms with van der Waals surface area (Å²) in [7, 11) is 0. The second kappa shape index (κ2) is 5.53. The van der Waals surface area contributed by atoms with Gasteiger partial charge in [0.25, 0.3) is 0 Å². The molecular formula is C14H19NO2. The van der Waals surface area contributed by atoms with Gasteiger partial charge in [0.2, 0.25) is 5.91 Å². The SMILES string of the molecule is C=CCOc1cccc(NC(=O)C(C)(C)C)c1.